The van der Waals surface area contributed by atoms with Crippen molar-refractivity contribution in [1.82, 2.24) is 10.2 Å². The Kier molecular flexibility index (Phi) is 4.61. The van der Waals surface area contributed by atoms with Crippen LogP contribution in [0.2, 0.25) is 0 Å². The van der Waals surface area contributed by atoms with Crippen LogP contribution in [0.1, 0.15) is 19.8 Å². The van der Waals surface area contributed by atoms with E-state index in [0.717, 1.165) is 0 Å². The van der Waals surface area contributed by atoms with Gasteiger partial charge < -0.3 is 15.3 Å². The summed E-state index contributed by atoms with van der Waals surface area (Å²) in [4.78, 5) is 12.7. The average molecular weight is 268 g/mol. The van der Waals surface area contributed by atoms with Crippen LogP contribution in [-0.4, -0.2) is 54.4 Å². The molecule has 0 aromatic rings. The van der Waals surface area contributed by atoms with Crippen LogP contribution in [0.5, 0.6) is 0 Å². The number of piperidine rings is 1. The standard InChI is InChI=1S/C11H19F3N2O2/c1-10(15-2,9(17)18)7-16-5-3-4-8(6-16)11(12,13)14/h8,15H,3-7H2,1-2H3,(H,17,18). The van der Waals surface area contributed by atoms with Crippen molar-refractivity contribution in [3.8, 4) is 0 Å². The first-order chi connectivity index (χ1) is 8.19. The third-order valence-electron chi connectivity index (χ3n) is 3.53. The number of carbonyl (C=O) groups is 1. The van der Waals surface area contributed by atoms with Crippen molar-refractivity contribution < 1.29 is 23.1 Å². The fourth-order valence-corrected chi connectivity index (χ4v) is 2.17. The molecule has 1 aliphatic rings. The fraction of sp³-hybridized carbons (Fsp3) is 0.909. The summed E-state index contributed by atoms with van der Waals surface area (Å²) in [6.45, 7) is 1.95. The van der Waals surface area contributed by atoms with Gasteiger partial charge in [-0.3, -0.25) is 4.79 Å². The Balaban J connectivity index is 2.65. The van der Waals surface area contributed by atoms with Crippen molar-refractivity contribution in [2.45, 2.75) is 31.5 Å². The molecule has 1 rings (SSSR count). The SMILES string of the molecule is CNC(C)(CN1CCCC(C(F)(F)F)C1)C(=O)O. The predicted molar refractivity (Wildman–Crippen MR) is 60.3 cm³/mol. The molecule has 1 heterocycles. The van der Waals surface area contributed by atoms with Gasteiger partial charge >= 0.3 is 12.1 Å². The van der Waals surface area contributed by atoms with E-state index in [1.807, 2.05) is 0 Å². The van der Waals surface area contributed by atoms with Gasteiger partial charge in [-0.25, -0.2) is 0 Å². The zero-order valence-corrected chi connectivity index (χ0v) is 10.5. The van der Waals surface area contributed by atoms with Crippen molar-refractivity contribution in [1.29, 1.82) is 0 Å². The topological polar surface area (TPSA) is 52.6 Å². The summed E-state index contributed by atoms with van der Waals surface area (Å²) < 4.78 is 37.9. The van der Waals surface area contributed by atoms with E-state index in [1.54, 1.807) is 4.90 Å². The van der Waals surface area contributed by atoms with Crippen LogP contribution in [0.15, 0.2) is 0 Å². The van der Waals surface area contributed by atoms with Crippen molar-refractivity contribution in [3.63, 3.8) is 0 Å². The van der Waals surface area contributed by atoms with E-state index in [9.17, 15) is 18.0 Å². The third-order valence-corrected chi connectivity index (χ3v) is 3.53. The first kappa shape index (κ1) is 15.2. The minimum atomic E-state index is -4.20. The number of rotatable bonds is 4. The van der Waals surface area contributed by atoms with E-state index in [0.29, 0.717) is 13.0 Å². The summed E-state index contributed by atoms with van der Waals surface area (Å²) in [5, 5.41) is 11.7. The molecule has 0 amide bonds. The van der Waals surface area contributed by atoms with Crippen LogP contribution in [0.4, 0.5) is 13.2 Å². The van der Waals surface area contributed by atoms with Gasteiger partial charge in [0.25, 0.3) is 0 Å². The number of carboxylic acid groups (broad SMARTS) is 1. The summed E-state index contributed by atoms with van der Waals surface area (Å²) in [6.07, 6.45) is -3.62. The van der Waals surface area contributed by atoms with E-state index in [1.165, 1.54) is 14.0 Å². The number of halogens is 3. The number of carboxylic acids is 1. The molecule has 0 spiro atoms. The molecule has 0 aromatic heterocycles. The van der Waals surface area contributed by atoms with Gasteiger partial charge in [-0.15, -0.1) is 0 Å². The number of likely N-dealkylation sites (tertiary alicyclic amines) is 1. The van der Waals surface area contributed by atoms with Crippen LogP contribution >= 0.6 is 0 Å². The van der Waals surface area contributed by atoms with Crippen molar-refractivity contribution in [3.05, 3.63) is 0 Å². The molecule has 7 heteroatoms. The van der Waals surface area contributed by atoms with Gasteiger partial charge in [0.15, 0.2) is 0 Å². The molecule has 0 radical (unpaired) electrons. The summed E-state index contributed by atoms with van der Waals surface area (Å²) >= 11 is 0. The predicted octanol–water partition coefficient (Wildman–Crippen LogP) is 1.32. The largest absolute Gasteiger partial charge is 0.480 e. The number of alkyl halides is 3. The van der Waals surface area contributed by atoms with Gasteiger partial charge in [0.2, 0.25) is 0 Å². The third kappa shape index (κ3) is 3.58. The summed E-state index contributed by atoms with van der Waals surface area (Å²) in [5.74, 6) is -2.40. The minimum Gasteiger partial charge on any atom is -0.480 e. The van der Waals surface area contributed by atoms with Gasteiger partial charge in [-0.05, 0) is 33.4 Å². The van der Waals surface area contributed by atoms with Gasteiger partial charge in [0, 0.05) is 13.1 Å². The molecular formula is C11H19F3N2O2. The van der Waals surface area contributed by atoms with Crippen LogP contribution in [0.3, 0.4) is 0 Å². The Morgan fingerprint density at radius 2 is 2.11 bits per heavy atom. The van der Waals surface area contributed by atoms with E-state index in [-0.39, 0.29) is 19.5 Å². The number of nitrogens with zero attached hydrogens (tertiary/aromatic N) is 1. The first-order valence-electron chi connectivity index (χ1n) is 5.90. The van der Waals surface area contributed by atoms with Crippen molar-refractivity contribution in [2.75, 3.05) is 26.7 Å². The molecule has 18 heavy (non-hydrogen) atoms. The van der Waals surface area contributed by atoms with Gasteiger partial charge in [0.05, 0.1) is 5.92 Å². The number of hydrogen-bond donors (Lipinski definition) is 2. The quantitative estimate of drug-likeness (QED) is 0.807. The van der Waals surface area contributed by atoms with Crippen LogP contribution in [0.25, 0.3) is 0 Å². The lowest BCUT2D eigenvalue weighted by atomic mass is 9.94. The van der Waals surface area contributed by atoms with E-state index in [2.05, 4.69) is 5.32 Å². The lowest BCUT2D eigenvalue weighted by Gasteiger charge is -2.38. The van der Waals surface area contributed by atoms with E-state index < -0.39 is 23.6 Å². The number of likely N-dealkylation sites (N-methyl/N-ethyl adjacent to an activating group) is 1. The van der Waals surface area contributed by atoms with Crippen molar-refractivity contribution in [2.24, 2.45) is 5.92 Å². The molecule has 0 aliphatic carbocycles. The Hall–Kier alpha value is -0.820. The highest BCUT2D eigenvalue weighted by Gasteiger charge is 2.43. The first-order valence-corrected chi connectivity index (χ1v) is 5.90. The molecule has 2 N–H and O–H groups in total. The molecule has 1 fully saturated rings. The average Bonchev–Trinajstić information content (AvgIpc) is 2.28. The van der Waals surface area contributed by atoms with E-state index >= 15 is 0 Å². The molecule has 2 atom stereocenters. The fourth-order valence-electron chi connectivity index (χ4n) is 2.17. The maximum absolute atomic E-state index is 12.6. The van der Waals surface area contributed by atoms with E-state index in [4.69, 9.17) is 5.11 Å². The summed E-state index contributed by atoms with van der Waals surface area (Å²) in [6, 6.07) is 0. The number of nitrogens with one attached hydrogen (secondary N) is 1. The maximum atomic E-state index is 12.6. The normalized spacial score (nSPS) is 25.7. The second-order valence-electron chi connectivity index (χ2n) is 5.00. The molecule has 0 bridgehead atoms. The highest BCUT2D eigenvalue weighted by molar-refractivity contribution is 5.78. The van der Waals surface area contributed by atoms with Crippen LogP contribution in [0, 0.1) is 5.92 Å². The minimum absolute atomic E-state index is 0.0748. The second kappa shape index (κ2) is 5.44. The monoisotopic (exact) mass is 268 g/mol. The molecule has 1 aliphatic heterocycles. The van der Waals surface area contributed by atoms with Crippen LogP contribution in [-0.2, 0) is 4.79 Å². The Morgan fingerprint density at radius 1 is 1.50 bits per heavy atom. The van der Waals surface area contributed by atoms with Crippen LogP contribution < -0.4 is 5.32 Å². The molecule has 1 saturated heterocycles. The number of aliphatic carboxylic acids is 1. The Morgan fingerprint density at radius 3 is 2.56 bits per heavy atom. The lowest BCUT2D eigenvalue weighted by Crippen LogP contribution is -2.57. The highest BCUT2D eigenvalue weighted by Crippen LogP contribution is 2.33. The van der Waals surface area contributed by atoms with Gasteiger partial charge in [0.1, 0.15) is 5.54 Å². The zero-order chi connectivity index (χ0) is 14.0. The molecule has 106 valence electrons. The Labute approximate surface area is 104 Å². The van der Waals surface area contributed by atoms with Gasteiger partial charge in [-0.2, -0.15) is 13.2 Å². The smallest absolute Gasteiger partial charge is 0.393 e. The van der Waals surface area contributed by atoms with Crippen molar-refractivity contribution >= 4 is 5.97 Å². The summed E-state index contributed by atoms with van der Waals surface area (Å²) in [7, 11) is 1.50. The molecular weight excluding hydrogens is 249 g/mol. The zero-order valence-electron chi connectivity index (χ0n) is 10.5. The maximum Gasteiger partial charge on any atom is 0.393 e. The molecule has 0 saturated carbocycles. The lowest BCUT2D eigenvalue weighted by molar-refractivity contribution is -0.187. The molecule has 4 nitrogen and oxygen atoms in total. The highest BCUT2D eigenvalue weighted by atomic mass is 19.4. The molecule has 0 aromatic carbocycles. The second-order valence-corrected chi connectivity index (χ2v) is 5.00. The molecule has 2 unspecified atom stereocenters. The van der Waals surface area contributed by atoms with Gasteiger partial charge in [-0.1, -0.05) is 0 Å². The summed E-state index contributed by atoms with van der Waals surface area (Å²) in [5.41, 5.74) is -1.21. The Bertz CT molecular complexity index is 309. The number of hydrogen-bond acceptors (Lipinski definition) is 3.